The molecule has 0 bridgehead atoms. The Hall–Kier alpha value is -1.84. The number of amides is 2. The van der Waals surface area contributed by atoms with Gasteiger partial charge in [0, 0.05) is 0 Å². The number of carboxylic acids is 1. The number of hydrogen-bond acceptors (Lipinski definition) is 6. The fourth-order valence-corrected chi connectivity index (χ4v) is 3.62. The van der Waals surface area contributed by atoms with E-state index in [2.05, 4.69) is 5.32 Å². The quantitative estimate of drug-likeness (QED) is 0.734. The first-order chi connectivity index (χ1) is 9.83. The minimum Gasteiger partial charge on any atom is -0.481 e. The summed E-state index contributed by atoms with van der Waals surface area (Å²) in [6, 6.07) is -2.07. The van der Waals surface area contributed by atoms with Gasteiger partial charge in [0.1, 0.15) is 11.6 Å². The normalized spacial score (nSPS) is 21.5. The zero-order chi connectivity index (χ0) is 17.3. The summed E-state index contributed by atoms with van der Waals surface area (Å²) in [5, 5.41) is 10.9. The lowest BCUT2D eigenvalue weighted by atomic mass is 10.2. The van der Waals surface area contributed by atoms with Crippen LogP contribution in [0, 0.1) is 0 Å². The largest absolute Gasteiger partial charge is 0.481 e. The zero-order valence-electron chi connectivity index (χ0n) is 12.8. The van der Waals surface area contributed by atoms with Gasteiger partial charge in [-0.1, -0.05) is 0 Å². The molecule has 22 heavy (non-hydrogen) atoms. The first kappa shape index (κ1) is 18.2. The number of carboxylic acid groups (broad SMARTS) is 1. The molecule has 1 saturated heterocycles. The van der Waals surface area contributed by atoms with Gasteiger partial charge in [-0.05, 0) is 27.7 Å². The Morgan fingerprint density at radius 1 is 1.36 bits per heavy atom. The summed E-state index contributed by atoms with van der Waals surface area (Å²) in [5.41, 5.74) is -0.762. The molecule has 9 nitrogen and oxygen atoms in total. The SMILES string of the molecule is C[C@H](NC(=O)OC(C)(C)C)C(=O)N1C(CC(=O)O)CS1(=O)=O. The first-order valence-corrected chi connectivity index (χ1v) is 8.21. The van der Waals surface area contributed by atoms with Crippen LogP contribution in [0.1, 0.15) is 34.1 Å². The molecule has 0 aromatic rings. The van der Waals surface area contributed by atoms with Crippen molar-refractivity contribution in [1.29, 1.82) is 0 Å². The molecular formula is C12H20N2O7S. The highest BCUT2D eigenvalue weighted by atomic mass is 32.2. The van der Waals surface area contributed by atoms with Crippen molar-refractivity contribution < 1.29 is 32.6 Å². The maximum absolute atomic E-state index is 12.1. The summed E-state index contributed by atoms with van der Waals surface area (Å²) in [6.45, 7) is 6.23. The number of ether oxygens (including phenoxy) is 1. The minimum absolute atomic E-state index is 0.399. The Kier molecular flexibility index (Phi) is 5.06. The van der Waals surface area contributed by atoms with Crippen LogP contribution >= 0.6 is 0 Å². The standard InChI is InChI=1S/C12H20N2O7S/c1-7(13-11(18)21-12(2,3)4)10(17)14-8(5-9(15)16)6-22(14,19)20/h7-8H,5-6H2,1-4H3,(H,13,18)(H,15,16)/t7-,8?/m0/s1. The Balaban J connectivity index is 2.72. The number of nitrogens with zero attached hydrogens (tertiary/aromatic N) is 1. The molecule has 126 valence electrons. The van der Waals surface area contributed by atoms with Crippen LogP contribution in [0.15, 0.2) is 0 Å². The number of carbonyl (C=O) groups is 3. The molecule has 1 aliphatic rings. The van der Waals surface area contributed by atoms with Gasteiger partial charge in [-0.2, -0.15) is 0 Å². The second-order valence-corrected chi connectivity index (χ2v) is 7.92. The van der Waals surface area contributed by atoms with Gasteiger partial charge in [0.25, 0.3) is 5.91 Å². The maximum atomic E-state index is 12.1. The van der Waals surface area contributed by atoms with Crippen LogP contribution in [0.25, 0.3) is 0 Å². The molecule has 0 saturated carbocycles. The Labute approximate surface area is 128 Å². The lowest BCUT2D eigenvalue weighted by Gasteiger charge is -2.40. The van der Waals surface area contributed by atoms with Gasteiger partial charge in [0.2, 0.25) is 10.0 Å². The third kappa shape index (κ3) is 4.58. The molecule has 2 atom stereocenters. The van der Waals surface area contributed by atoms with E-state index in [0.717, 1.165) is 0 Å². The van der Waals surface area contributed by atoms with Crippen molar-refractivity contribution in [2.24, 2.45) is 0 Å². The summed E-state index contributed by atoms with van der Waals surface area (Å²) in [5.74, 6) is -2.49. The molecule has 0 aromatic carbocycles. The van der Waals surface area contributed by atoms with Gasteiger partial charge in [0.05, 0.1) is 18.2 Å². The average molecular weight is 336 g/mol. The Morgan fingerprint density at radius 2 is 1.91 bits per heavy atom. The zero-order valence-corrected chi connectivity index (χ0v) is 13.6. The van der Waals surface area contributed by atoms with Crippen LogP contribution in [-0.2, 0) is 24.3 Å². The van der Waals surface area contributed by atoms with Crippen LogP contribution in [0.3, 0.4) is 0 Å². The third-order valence-corrected chi connectivity index (χ3v) is 4.65. The van der Waals surface area contributed by atoms with Crippen LogP contribution in [0.4, 0.5) is 4.79 Å². The number of alkyl carbamates (subject to hydrolysis) is 1. The molecule has 2 amide bonds. The van der Waals surface area contributed by atoms with E-state index in [9.17, 15) is 22.8 Å². The van der Waals surface area contributed by atoms with Crippen molar-refractivity contribution in [3.8, 4) is 0 Å². The summed E-state index contributed by atoms with van der Waals surface area (Å²) in [4.78, 5) is 34.4. The van der Waals surface area contributed by atoms with Gasteiger partial charge in [0.15, 0.2) is 0 Å². The van der Waals surface area contributed by atoms with E-state index in [4.69, 9.17) is 9.84 Å². The highest BCUT2D eigenvalue weighted by Crippen LogP contribution is 2.25. The molecule has 0 aliphatic carbocycles. The molecule has 1 unspecified atom stereocenters. The smallest absolute Gasteiger partial charge is 0.408 e. The highest BCUT2D eigenvalue weighted by molar-refractivity contribution is 7.91. The molecule has 2 N–H and O–H groups in total. The van der Waals surface area contributed by atoms with Crippen molar-refractivity contribution in [2.75, 3.05) is 5.75 Å². The molecule has 0 spiro atoms. The molecule has 1 aliphatic heterocycles. The van der Waals surface area contributed by atoms with E-state index >= 15 is 0 Å². The number of hydrogen-bond donors (Lipinski definition) is 2. The molecule has 0 radical (unpaired) electrons. The van der Waals surface area contributed by atoms with Crippen LogP contribution in [-0.4, -0.2) is 59.2 Å². The fourth-order valence-electron chi connectivity index (χ4n) is 1.93. The van der Waals surface area contributed by atoms with Crippen molar-refractivity contribution >= 4 is 28.0 Å². The van der Waals surface area contributed by atoms with Gasteiger partial charge in [-0.15, -0.1) is 0 Å². The average Bonchev–Trinajstić information content (AvgIpc) is 2.23. The van der Waals surface area contributed by atoms with Gasteiger partial charge >= 0.3 is 12.1 Å². The van der Waals surface area contributed by atoms with Gasteiger partial charge in [-0.3, -0.25) is 9.59 Å². The number of rotatable bonds is 4. The molecule has 1 rings (SSSR count). The first-order valence-electron chi connectivity index (χ1n) is 6.61. The van der Waals surface area contributed by atoms with E-state index in [-0.39, 0.29) is 0 Å². The van der Waals surface area contributed by atoms with E-state index in [1.807, 2.05) is 0 Å². The Morgan fingerprint density at radius 3 is 2.32 bits per heavy atom. The predicted molar refractivity (Wildman–Crippen MR) is 75.5 cm³/mol. The van der Waals surface area contributed by atoms with Crippen LogP contribution < -0.4 is 5.32 Å². The Bertz CT molecular complexity index is 579. The number of nitrogens with one attached hydrogen (secondary N) is 1. The molecule has 0 aromatic heterocycles. The lowest BCUT2D eigenvalue weighted by Crippen LogP contribution is -2.63. The second kappa shape index (κ2) is 6.11. The van der Waals surface area contributed by atoms with Crippen molar-refractivity contribution in [2.45, 2.75) is 51.8 Å². The van der Waals surface area contributed by atoms with E-state index < -0.39 is 57.9 Å². The van der Waals surface area contributed by atoms with Crippen LogP contribution in [0.5, 0.6) is 0 Å². The van der Waals surface area contributed by atoms with Crippen molar-refractivity contribution in [1.82, 2.24) is 9.62 Å². The summed E-state index contributed by atoms with van der Waals surface area (Å²) < 4.78 is 28.8. The number of sulfonamides is 1. The molecule has 1 heterocycles. The minimum atomic E-state index is -3.80. The molecule has 10 heteroatoms. The summed E-state index contributed by atoms with van der Waals surface area (Å²) in [7, 11) is -3.80. The lowest BCUT2D eigenvalue weighted by molar-refractivity contribution is -0.139. The van der Waals surface area contributed by atoms with Crippen LogP contribution in [0.2, 0.25) is 0 Å². The maximum Gasteiger partial charge on any atom is 0.408 e. The molecular weight excluding hydrogens is 316 g/mol. The summed E-state index contributed by atoms with van der Waals surface area (Å²) >= 11 is 0. The topological polar surface area (TPSA) is 130 Å². The van der Waals surface area contributed by atoms with E-state index in [0.29, 0.717) is 4.31 Å². The highest BCUT2D eigenvalue weighted by Gasteiger charge is 2.48. The van der Waals surface area contributed by atoms with Gasteiger partial charge < -0.3 is 15.2 Å². The molecule has 1 fully saturated rings. The number of aliphatic carboxylic acids is 1. The second-order valence-electron chi connectivity index (χ2n) is 6.03. The van der Waals surface area contributed by atoms with Gasteiger partial charge in [-0.25, -0.2) is 17.5 Å². The summed E-state index contributed by atoms with van der Waals surface area (Å²) in [6.07, 6.45) is -1.33. The van der Waals surface area contributed by atoms with Crippen molar-refractivity contribution in [3.63, 3.8) is 0 Å². The van der Waals surface area contributed by atoms with E-state index in [1.54, 1.807) is 20.8 Å². The monoisotopic (exact) mass is 336 g/mol. The third-order valence-electron chi connectivity index (χ3n) is 2.77. The van der Waals surface area contributed by atoms with E-state index in [1.165, 1.54) is 6.92 Å². The number of carbonyl (C=O) groups excluding carboxylic acids is 2. The van der Waals surface area contributed by atoms with Crippen molar-refractivity contribution in [3.05, 3.63) is 0 Å². The predicted octanol–water partition coefficient (Wildman–Crippen LogP) is -0.0851. The fraction of sp³-hybridized carbons (Fsp3) is 0.750.